The van der Waals surface area contributed by atoms with E-state index in [1.807, 2.05) is 32.9 Å². The summed E-state index contributed by atoms with van der Waals surface area (Å²) in [4.78, 5) is 32.9. The zero-order chi connectivity index (χ0) is 27.3. The highest BCUT2D eigenvalue weighted by molar-refractivity contribution is 6.49. The topological polar surface area (TPSA) is 80.2 Å². The number of ketones is 1. The summed E-state index contributed by atoms with van der Waals surface area (Å²) in [7, 11) is 1.50. The molecule has 0 saturated heterocycles. The Morgan fingerprint density at radius 3 is 2.38 bits per heavy atom. The molecule has 2 aromatic rings. The summed E-state index contributed by atoms with van der Waals surface area (Å²) in [6.45, 7) is 13.6. The van der Waals surface area contributed by atoms with Crippen molar-refractivity contribution in [3.05, 3.63) is 69.9 Å². The van der Waals surface area contributed by atoms with Gasteiger partial charge in [0.25, 0.3) is 5.91 Å². The summed E-state index contributed by atoms with van der Waals surface area (Å²) in [5.41, 5.74) is 4.30. The van der Waals surface area contributed by atoms with E-state index in [0.29, 0.717) is 28.3 Å². The molecule has 2 aromatic carbocycles. The molecule has 0 spiro atoms. The average molecular weight is 524 g/mol. The number of nitrogens with one attached hydrogen (secondary N) is 1. The van der Waals surface area contributed by atoms with Crippen LogP contribution in [0.1, 0.15) is 50.5 Å². The van der Waals surface area contributed by atoms with Crippen molar-refractivity contribution in [3.63, 3.8) is 0 Å². The van der Waals surface area contributed by atoms with Crippen LogP contribution in [-0.2, 0) is 4.79 Å². The van der Waals surface area contributed by atoms with Crippen molar-refractivity contribution in [3.8, 4) is 11.5 Å². The first-order valence-electron chi connectivity index (χ1n) is 12.3. The van der Waals surface area contributed by atoms with Gasteiger partial charge in [0.1, 0.15) is 0 Å². The number of nitrogens with zero attached hydrogens (tertiary/aromatic N) is 2. The third-order valence-electron chi connectivity index (χ3n) is 6.03. The molecule has 1 aliphatic rings. The Balaban J connectivity index is 1.91. The molecule has 1 aliphatic carbocycles. The first-order valence-corrected chi connectivity index (χ1v) is 12.7. The molecule has 0 aromatic heterocycles. The van der Waals surface area contributed by atoms with Crippen LogP contribution in [-0.4, -0.2) is 43.7 Å². The fourth-order valence-electron chi connectivity index (χ4n) is 3.96. The normalized spacial score (nSPS) is 14.7. The molecular weight excluding hydrogens is 490 g/mol. The van der Waals surface area contributed by atoms with Crippen molar-refractivity contribution >= 4 is 40.4 Å². The van der Waals surface area contributed by atoms with Crippen molar-refractivity contribution in [2.75, 3.05) is 25.1 Å². The second-order valence-corrected chi connectivity index (χ2v) is 9.33. The third kappa shape index (κ3) is 6.41. The number of hydrogen-bond acceptors (Lipinski definition) is 6. The fourth-order valence-corrected chi connectivity index (χ4v) is 4.15. The van der Waals surface area contributed by atoms with Crippen LogP contribution in [0.15, 0.2) is 63.8 Å². The quantitative estimate of drug-likeness (QED) is 0.400. The zero-order valence-corrected chi connectivity index (χ0v) is 23.2. The second-order valence-electron chi connectivity index (χ2n) is 8.95. The van der Waals surface area contributed by atoms with E-state index < -0.39 is 11.7 Å². The minimum Gasteiger partial charge on any atom is -0.493 e. The van der Waals surface area contributed by atoms with Gasteiger partial charge >= 0.3 is 0 Å². The van der Waals surface area contributed by atoms with Crippen molar-refractivity contribution in [2.24, 2.45) is 4.99 Å². The Hall–Kier alpha value is -3.58. The molecule has 0 unspecified atom stereocenters. The summed E-state index contributed by atoms with van der Waals surface area (Å²) >= 11 is 6.38. The van der Waals surface area contributed by atoms with Crippen LogP contribution in [0.5, 0.6) is 11.5 Å². The number of methoxy groups -OCH3 is 1. The van der Waals surface area contributed by atoms with Crippen LogP contribution in [0.2, 0.25) is 0 Å². The lowest BCUT2D eigenvalue weighted by molar-refractivity contribution is -0.112. The molecule has 3 rings (SSSR count). The first-order chi connectivity index (χ1) is 17.6. The molecule has 8 heteroatoms. The SMILES string of the molecule is CCN(CC)c1ccc(N=C2C=C(NC(=O)c3ccc(OC(C)C)c(OC)c3)C(=O)C(Cl)=C2C)c(C)c1. The fraction of sp³-hybridized carbons (Fsp3) is 0.345. The van der Waals surface area contributed by atoms with E-state index in [1.54, 1.807) is 31.2 Å². The molecule has 1 amide bonds. The maximum Gasteiger partial charge on any atom is 0.255 e. The number of benzene rings is 2. The number of halogens is 1. The van der Waals surface area contributed by atoms with Gasteiger partial charge in [-0.25, -0.2) is 4.99 Å². The highest BCUT2D eigenvalue weighted by Crippen LogP contribution is 2.30. The number of aryl methyl sites for hydroxylation is 1. The van der Waals surface area contributed by atoms with Gasteiger partial charge in [-0.05, 0) is 95.2 Å². The molecule has 0 bridgehead atoms. The van der Waals surface area contributed by atoms with Gasteiger partial charge in [-0.3, -0.25) is 9.59 Å². The van der Waals surface area contributed by atoms with Crippen molar-refractivity contribution in [2.45, 2.75) is 47.6 Å². The molecule has 0 saturated carbocycles. The molecule has 1 N–H and O–H groups in total. The molecule has 0 aliphatic heterocycles. The predicted octanol–water partition coefficient (Wildman–Crippen LogP) is 6.12. The average Bonchev–Trinajstić information content (AvgIpc) is 2.87. The summed E-state index contributed by atoms with van der Waals surface area (Å²) in [6.07, 6.45) is 1.51. The van der Waals surface area contributed by atoms with E-state index in [0.717, 1.165) is 30.0 Å². The van der Waals surface area contributed by atoms with Crippen LogP contribution >= 0.6 is 11.6 Å². The molecule has 37 heavy (non-hydrogen) atoms. The minimum absolute atomic E-state index is 0.0206. The Kier molecular flexibility index (Phi) is 9.16. The Labute approximate surface area is 223 Å². The van der Waals surface area contributed by atoms with Gasteiger partial charge in [0.05, 0.1) is 35.3 Å². The number of ether oxygens (including phenoxy) is 2. The van der Waals surface area contributed by atoms with Gasteiger partial charge in [0.2, 0.25) is 5.78 Å². The molecule has 0 heterocycles. The monoisotopic (exact) mass is 523 g/mol. The maximum absolute atomic E-state index is 13.0. The standard InChI is InChI=1S/C29H34ClN3O4/c1-8-33(9-2)21-11-12-22(18(5)14-21)31-23-16-24(28(34)27(30)19(23)6)32-29(35)20-10-13-25(37-17(3)4)26(15-20)36-7/h10-17H,8-9H2,1-7H3,(H,32,35). The summed E-state index contributed by atoms with van der Waals surface area (Å²) in [5.74, 6) is 0.00860. The number of Topliss-reactive ketones (excluding diaryl/α,β-unsaturated/α-hetero) is 1. The smallest absolute Gasteiger partial charge is 0.255 e. The Morgan fingerprint density at radius 2 is 1.78 bits per heavy atom. The van der Waals surface area contributed by atoms with Crippen LogP contribution in [0.3, 0.4) is 0 Å². The van der Waals surface area contributed by atoms with Crippen molar-refractivity contribution in [1.29, 1.82) is 0 Å². The van der Waals surface area contributed by atoms with Crippen LogP contribution in [0.4, 0.5) is 11.4 Å². The van der Waals surface area contributed by atoms with E-state index in [2.05, 4.69) is 30.1 Å². The highest BCUT2D eigenvalue weighted by atomic mass is 35.5. The number of carbonyl (C=O) groups excluding carboxylic acids is 2. The van der Waals surface area contributed by atoms with Crippen molar-refractivity contribution in [1.82, 2.24) is 5.32 Å². The lowest BCUT2D eigenvalue weighted by Crippen LogP contribution is -2.31. The van der Waals surface area contributed by atoms with Crippen LogP contribution in [0.25, 0.3) is 0 Å². The Bertz CT molecular complexity index is 1290. The number of allylic oxidation sites excluding steroid dienone is 3. The first kappa shape index (κ1) is 28.0. The second kappa shape index (κ2) is 12.1. The summed E-state index contributed by atoms with van der Waals surface area (Å²) in [6, 6.07) is 10.9. The number of carbonyl (C=O) groups is 2. The largest absolute Gasteiger partial charge is 0.493 e. The molecule has 7 nitrogen and oxygen atoms in total. The summed E-state index contributed by atoms with van der Waals surface area (Å²) < 4.78 is 11.1. The van der Waals surface area contributed by atoms with E-state index in [-0.39, 0.29) is 16.8 Å². The zero-order valence-electron chi connectivity index (χ0n) is 22.4. The van der Waals surface area contributed by atoms with Gasteiger partial charge in [-0.1, -0.05) is 11.6 Å². The lowest BCUT2D eigenvalue weighted by Gasteiger charge is -2.22. The molecular formula is C29H34ClN3O4. The molecule has 0 atom stereocenters. The van der Waals surface area contributed by atoms with E-state index in [9.17, 15) is 9.59 Å². The van der Waals surface area contributed by atoms with Crippen LogP contribution in [0, 0.1) is 6.92 Å². The Morgan fingerprint density at radius 1 is 1.08 bits per heavy atom. The number of rotatable bonds is 9. The van der Waals surface area contributed by atoms with Gasteiger partial charge in [0, 0.05) is 24.3 Å². The van der Waals surface area contributed by atoms with Gasteiger partial charge in [0.15, 0.2) is 11.5 Å². The summed E-state index contributed by atoms with van der Waals surface area (Å²) in [5, 5.41) is 2.71. The molecule has 196 valence electrons. The van der Waals surface area contributed by atoms with Crippen molar-refractivity contribution < 1.29 is 19.1 Å². The van der Waals surface area contributed by atoms with Crippen LogP contribution < -0.4 is 19.7 Å². The lowest BCUT2D eigenvalue weighted by atomic mass is 10.0. The molecule has 0 radical (unpaired) electrons. The maximum atomic E-state index is 13.0. The number of aliphatic imine (C=N–C) groups is 1. The predicted molar refractivity (Wildman–Crippen MR) is 150 cm³/mol. The van der Waals surface area contributed by atoms with Gasteiger partial charge in [-0.15, -0.1) is 0 Å². The number of hydrogen-bond donors (Lipinski definition) is 1. The van der Waals surface area contributed by atoms with E-state index in [1.165, 1.54) is 7.11 Å². The van der Waals surface area contributed by atoms with E-state index >= 15 is 0 Å². The van der Waals surface area contributed by atoms with Gasteiger partial charge in [-0.2, -0.15) is 0 Å². The third-order valence-corrected chi connectivity index (χ3v) is 6.48. The van der Waals surface area contributed by atoms with E-state index in [4.69, 9.17) is 26.1 Å². The minimum atomic E-state index is -0.475. The highest BCUT2D eigenvalue weighted by Gasteiger charge is 2.26. The molecule has 0 fully saturated rings. The number of anilines is 1. The number of amides is 1. The van der Waals surface area contributed by atoms with Gasteiger partial charge < -0.3 is 19.7 Å².